The zero-order valence-electron chi connectivity index (χ0n) is 15.5. The molecule has 1 aliphatic heterocycles. The van der Waals surface area contributed by atoms with Crippen LogP contribution in [-0.4, -0.2) is 28.9 Å². The highest BCUT2D eigenvalue weighted by Gasteiger charge is 2.20. The number of carbonyl (C=O) groups excluding carboxylic acids is 1. The summed E-state index contributed by atoms with van der Waals surface area (Å²) in [6.45, 7) is 6.36. The van der Waals surface area contributed by atoms with Crippen LogP contribution in [0.3, 0.4) is 0 Å². The Morgan fingerprint density at radius 3 is 3.04 bits per heavy atom. The van der Waals surface area contributed by atoms with Crippen LogP contribution in [0.15, 0.2) is 35.7 Å². The minimum Gasteiger partial charge on any atom is -0.487 e. The lowest BCUT2D eigenvalue weighted by Crippen LogP contribution is -2.38. The molecular formula is C21H26N2O2S. The van der Waals surface area contributed by atoms with E-state index < -0.39 is 0 Å². The van der Waals surface area contributed by atoms with Crippen molar-refractivity contribution in [3.05, 3.63) is 52.0 Å². The second-order valence-corrected chi connectivity index (χ2v) is 7.78. The van der Waals surface area contributed by atoms with Crippen molar-refractivity contribution in [3.63, 3.8) is 0 Å². The van der Waals surface area contributed by atoms with Crippen molar-refractivity contribution in [2.75, 3.05) is 13.1 Å². The van der Waals surface area contributed by atoms with E-state index in [4.69, 9.17) is 4.74 Å². The van der Waals surface area contributed by atoms with E-state index in [1.165, 1.54) is 6.42 Å². The van der Waals surface area contributed by atoms with Crippen LogP contribution in [-0.2, 0) is 11.4 Å². The smallest absolute Gasteiger partial charge is 0.246 e. The summed E-state index contributed by atoms with van der Waals surface area (Å²) in [5.41, 5.74) is 1.85. The average Bonchev–Trinajstić information content (AvgIpc) is 3.10. The number of hydrogen-bond acceptors (Lipinski definition) is 4. The zero-order chi connectivity index (χ0) is 18.4. The molecular weight excluding hydrogens is 344 g/mol. The first kappa shape index (κ1) is 18.6. The highest BCUT2D eigenvalue weighted by molar-refractivity contribution is 7.09. The third-order valence-electron chi connectivity index (χ3n) is 4.77. The molecule has 2 aromatic rings. The summed E-state index contributed by atoms with van der Waals surface area (Å²) < 4.78 is 5.92. The molecule has 0 N–H and O–H groups in total. The lowest BCUT2D eigenvalue weighted by molar-refractivity contribution is -0.127. The molecule has 1 saturated heterocycles. The van der Waals surface area contributed by atoms with Crippen molar-refractivity contribution in [2.24, 2.45) is 5.92 Å². The maximum Gasteiger partial charge on any atom is 0.246 e. The Hall–Kier alpha value is -2.14. The Morgan fingerprint density at radius 1 is 1.42 bits per heavy atom. The maximum atomic E-state index is 12.5. The van der Waals surface area contributed by atoms with Crippen LogP contribution >= 0.6 is 11.3 Å². The van der Waals surface area contributed by atoms with Gasteiger partial charge in [0.1, 0.15) is 12.4 Å². The molecule has 1 aromatic heterocycles. The first-order valence-electron chi connectivity index (χ1n) is 9.25. The molecule has 0 saturated carbocycles. The fourth-order valence-corrected chi connectivity index (χ4v) is 3.84. The number of nitrogens with zero attached hydrogens (tertiary/aromatic N) is 2. The van der Waals surface area contributed by atoms with Gasteiger partial charge in [0.15, 0.2) is 0 Å². The van der Waals surface area contributed by atoms with Crippen LogP contribution < -0.4 is 4.74 Å². The minimum absolute atomic E-state index is 0.0908. The number of carbonyl (C=O) groups is 1. The summed E-state index contributed by atoms with van der Waals surface area (Å²) in [6.07, 6.45) is 7.01. The summed E-state index contributed by atoms with van der Waals surface area (Å²) in [7, 11) is 0. The fourth-order valence-electron chi connectivity index (χ4n) is 3.24. The van der Waals surface area contributed by atoms with Crippen LogP contribution in [0.2, 0.25) is 0 Å². The van der Waals surface area contributed by atoms with Gasteiger partial charge >= 0.3 is 0 Å². The van der Waals surface area contributed by atoms with E-state index >= 15 is 0 Å². The van der Waals surface area contributed by atoms with Gasteiger partial charge in [-0.05, 0) is 37.8 Å². The largest absolute Gasteiger partial charge is 0.487 e. The summed E-state index contributed by atoms with van der Waals surface area (Å²) in [5, 5.41) is 3.05. The number of ether oxygens (including phenoxy) is 1. The van der Waals surface area contributed by atoms with Gasteiger partial charge in [0, 0.05) is 30.1 Å². The molecule has 138 valence electrons. The van der Waals surface area contributed by atoms with Crippen molar-refractivity contribution >= 4 is 23.3 Å². The lowest BCUT2D eigenvalue weighted by atomic mass is 9.95. The summed E-state index contributed by atoms with van der Waals surface area (Å²) >= 11 is 1.62. The molecule has 1 unspecified atom stereocenters. The molecule has 3 rings (SSSR count). The molecule has 26 heavy (non-hydrogen) atoms. The number of benzene rings is 1. The predicted octanol–water partition coefficient (Wildman–Crippen LogP) is 4.69. The van der Waals surface area contributed by atoms with E-state index in [9.17, 15) is 4.79 Å². The Morgan fingerprint density at radius 2 is 2.27 bits per heavy atom. The van der Waals surface area contributed by atoms with Gasteiger partial charge in [-0.3, -0.25) is 4.79 Å². The highest BCUT2D eigenvalue weighted by Crippen LogP contribution is 2.23. The second kappa shape index (κ2) is 8.99. The zero-order valence-corrected chi connectivity index (χ0v) is 16.3. The molecule has 0 radical (unpaired) electrons. The first-order chi connectivity index (χ1) is 12.7. The van der Waals surface area contributed by atoms with Gasteiger partial charge in [-0.25, -0.2) is 4.98 Å². The number of aromatic nitrogens is 1. The van der Waals surface area contributed by atoms with Crippen molar-refractivity contribution in [1.82, 2.24) is 9.88 Å². The Labute approximate surface area is 159 Å². The van der Waals surface area contributed by atoms with Gasteiger partial charge in [-0.2, -0.15) is 0 Å². The predicted molar refractivity (Wildman–Crippen MR) is 106 cm³/mol. The molecule has 4 nitrogen and oxygen atoms in total. The lowest BCUT2D eigenvalue weighted by Gasteiger charge is -2.31. The standard InChI is InChI=1S/C21H26N2O2S/c1-3-17-7-6-12-23(13-17)21(24)11-10-18-8-4-5-9-20(18)25-14-19-15-26-16(2)22-19/h4-5,8-11,15,17H,3,6-7,12-14H2,1-2H3/b11-10+. The van der Waals surface area contributed by atoms with Crippen molar-refractivity contribution in [2.45, 2.75) is 39.7 Å². The number of aryl methyl sites for hydroxylation is 1. The van der Waals surface area contributed by atoms with Gasteiger partial charge in [0.25, 0.3) is 0 Å². The van der Waals surface area contributed by atoms with Crippen LogP contribution in [0.1, 0.15) is 42.5 Å². The molecule has 5 heteroatoms. The summed E-state index contributed by atoms with van der Waals surface area (Å²) in [4.78, 5) is 18.9. The fraction of sp³-hybridized carbons (Fsp3) is 0.429. The highest BCUT2D eigenvalue weighted by atomic mass is 32.1. The molecule has 1 atom stereocenters. The molecule has 0 aliphatic carbocycles. The van der Waals surface area contributed by atoms with E-state index in [2.05, 4.69) is 11.9 Å². The molecule has 1 amide bonds. The SMILES string of the molecule is CCC1CCCN(C(=O)/C=C/c2ccccc2OCc2csc(C)n2)C1. The van der Waals surface area contributed by atoms with Crippen molar-refractivity contribution < 1.29 is 9.53 Å². The molecule has 1 aliphatic rings. The number of thiazole rings is 1. The number of hydrogen-bond donors (Lipinski definition) is 0. The number of rotatable bonds is 6. The molecule has 1 aromatic carbocycles. The Bertz CT molecular complexity index is 769. The number of piperidine rings is 1. The van der Waals surface area contributed by atoms with Gasteiger partial charge in [-0.15, -0.1) is 11.3 Å². The van der Waals surface area contributed by atoms with E-state index in [0.717, 1.165) is 47.9 Å². The second-order valence-electron chi connectivity index (χ2n) is 6.72. The third-order valence-corrected chi connectivity index (χ3v) is 5.60. The monoisotopic (exact) mass is 370 g/mol. The normalized spacial score (nSPS) is 17.6. The van der Waals surface area contributed by atoms with Crippen LogP contribution in [0.25, 0.3) is 6.08 Å². The van der Waals surface area contributed by atoms with Gasteiger partial charge in [0.2, 0.25) is 5.91 Å². The van der Waals surface area contributed by atoms with Crippen molar-refractivity contribution in [1.29, 1.82) is 0 Å². The van der Waals surface area contributed by atoms with Crippen molar-refractivity contribution in [3.8, 4) is 5.75 Å². The average molecular weight is 371 g/mol. The quantitative estimate of drug-likeness (QED) is 0.693. The van der Waals surface area contributed by atoms with Crippen LogP contribution in [0, 0.1) is 12.8 Å². The van der Waals surface area contributed by atoms with E-state index in [-0.39, 0.29) is 5.91 Å². The Balaban J connectivity index is 1.63. The van der Waals surface area contributed by atoms with Gasteiger partial charge in [0.05, 0.1) is 10.7 Å². The number of amides is 1. The molecule has 0 bridgehead atoms. The van der Waals surface area contributed by atoms with E-state index in [1.54, 1.807) is 17.4 Å². The summed E-state index contributed by atoms with van der Waals surface area (Å²) in [5.74, 6) is 1.50. The van der Waals surface area contributed by atoms with E-state index in [0.29, 0.717) is 12.5 Å². The third kappa shape index (κ3) is 4.94. The maximum absolute atomic E-state index is 12.5. The van der Waals surface area contributed by atoms with Crippen LogP contribution in [0.4, 0.5) is 0 Å². The molecule has 1 fully saturated rings. The summed E-state index contributed by atoms with van der Waals surface area (Å²) in [6, 6.07) is 7.79. The number of para-hydroxylation sites is 1. The van der Waals surface area contributed by atoms with Gasteiger partial charge < -0.3 is 9.64 Å². The minimum atomic E-state index is 0.0908. The topological polar surface area (TPSA) is 42.4 Å². The Kier molecular flexibility index (Phi) is 6.45. The molecule has 0 spiro atoms. The van der Waals surface area contributed by atoms with E-state index in [1.807, 2.05) is 47.5 Å². The first-order valence-corrected chi connectivity index (χ1v) is 10.1. The van der Waals surface area contributed by atoms with Crippen LogP contribution in [0.5, 0.6) is 5.75 Å². The number of likely N-dealkylation sites (tertiary alicyclic amines) is 1. The molecule has 2 heterocycles. The van der Waals surface area contributed by atoms with Gasteiger partial charge in [-0.1, -0.05) is 31.5 Å².